The zero-order valence-electron chi connectivity index (χ0n) is 16.0. The Morgan fingerprint density at radius 3 is 2.16 bits per heavy atom. The average molecular weight is 358 g/mol. The van der Waals surface area contributed by atoms with Crippen LogP contribution in [0.4, 0.5) is 9.59 Å². The number of carbonyl (C=O) groups is 2. The van der Waals surface area contributed by atoms with E-state index in [1.165, 1.54) is 32.8 Å². The predicted octanol–water partition coefficient (Wildman–Crippen LogP) is 5.23. The first kappa shape index (κ1) is 21.6. The van der Waals surface area contributed by atoms with E-state index in [9.17, 15) is 9.59 Å². The molecular formula is C19H34O6. The van der Waals surface area contributed by atoms with Gasteiger partial charge >= 0.3 is 12.3 Å². The van der Waals surface area contributed by atoms with Crippen LogP contribution in [0.5, 0.6) is 0 Å². The van der Waals surface area contributed by atoms with E-state index in [2.05, 4.69) is 18.6 Å². The van der Waals surface area contributed by atoms with Crippen LogP contribution < -0.4 is 0 Å². The summed E-state index contributed by atoms with van der Waals surface area (Å²) in [5.41, 5.74) is 0. The summed E-state index contributed by atoms with van der Waals surface area (Å²) in [5, 5.41) is 0. The van der Waals surface area contributed by atoms with Gasteiger partial charge in [0.1, 0.15) is 12.2 Å². The molecule has 0 aliphatic heterocycles. The fourth-order valence-corrected chi connectivity index (χ4v) is 3.01. The average Bonchev–Trinajstić information content (AvgIpc) is 2.57. The number of methoxy groups -OCH3 is 1. The second kappa shape index (κ2) is 12.8. The molecule has 6 heteroatoms. The minimum Gasteiger partial charge on any atom is -0.438 e. The standard InChI is InChI=1S/C19H34O6/c1-15(2)10-7-5-4-6-8-13-23-19(21)25-17-12-9-11-16(14-17)24-18(20)22-3/h15-17H,4-14H2,1-3H3. The first-order valence-electron chi connectivity index (χ1n) is 9.59. The maximum absolute atomic E-state index is 11.7. The Bertz CT molecular complexity index is 382. The molecule has 0 radical (unpaired) electrons. The number of hydrogen-bond donors (Lipinski definition) is 0. The zero-order chi connectivity index (χ0) is 18.5. The smallest absolute Gasteiger partial charge is 0.438 e. The first-order valence-corrected chi connectivity index (χ1v) is 9.59. The Kier molecular flexibility index (Phi) is 11.1. The minimum atomic E-state index is -0.693. The van der Waals surface area contributed by atoms with Gasteiger partial charge in [-0.1, -0.05) is 46.0 Å². The lowest BCUT2D eigenvalue weighted by Crippen LogP contribution is -2.31. The Morgan fingerprint density at radius 1 is 0.920 bits per heavy atom. The Balaban J connectivity index is 2.05. The summed E-state index contributed by atoms with van der Waals surface area (Å²) in [6.07, 6.45) is 7.97. The normalized spacial score (nSPS) is 20.2. The van der Waals surface area contributed by atoms with Crippen molar-refractivity contribution in [3.05, 3.63) is 0 Å². The molecule has 1 rings (SSSR count). The molecule has 1 aliphatic rings. The van der Waals surface area contributed by atoms with Crippen LogP contribution in [0.3, 0.4) is 0 Å². The minimum absolute atomic E-state index is 0.257. The van der Waals surface area contributed by atoms with Crippen LogP contribution >= 0.6 is 0 Å². The van der Waals surface area contributed by atoms with E-state index < -0.39 is 12.3 Å². The topological polar surface area (TPSA) is 71.1 Å². The van der Waals surface area contributed by atoms with Gasteiger partial charge in [0.15, 0.2) is 0 Å². The van der Waals surface area contributed by atoms with Gasteiger partial charge in [0.2, 0.25) is 0 Å². The first-order chi connectivity index (χ1) is 12.0. The molecule has 1 aliphatic carbocycles. The number of hydrogen-bond acceptors (Lipinski definition) is 6. The highest BCUT2D eigenvalue weighted by Gasteiger charge is 2.28. The molecule has 0 saturated heterocycles. The van der Waals surface area contributed by atoms with Crippen molar-refractivity contribution in [3.8, 4) is 0 Å². The van der Waals surface area contributed by atoms with Crippen LogP contribution in [0.25, 0.3) is 0 Å². The van der Waals surface area contributed by atoms with Crippen molar-refractivity contribution in [2.24, 2.45) is 5.92 Å². The lowest BCUT2D eigenvalue weighted by molar-refractivity contribution is -0.0312. The molecule has 0 spiro atoms. The third kappa shape index (κ3) is 10.9. The molecule has 1 fully saturated rings. The summed E-state index contributed by atoms with van der Waals surface area (Å²) in [4.78, 5) is 22.9. The predicted molar refractivity (Wildman–Crippen MR) is 94.5 cm³/mol. The van der Waals surface area contributed by atoms with E-state index >= 15 is 0 Å². The fraction of sp³-hybridized carbons (Fsp3) is 0.895. The molecule has 1 saturated carbocycles. The molecule has 0 amide bonds. The molecule has 0 aromatic heterocycles. The number of rotatable bonds is 10. The van der Waals surface area contributed by atoms with Gasteiger partial charge in [-0.05, 0) is 31.6 Å². The Morgan fingerprint density at radius 2 is 1.52 bits per heavy atom. The van der Waals surface area contributed by atoms with E-state index in [4.69, 9.17) is 14.2 Å². The SMILES string of the molecule is COC(=O)OC1CCCC(OC(=O)OCCCCCCCC(C)C)C1. The van der Waals surface area contributed by atoms with E-state index in [0.717, 1.165) is 38.0 Å². The molecule has 25 heavy (non-hydrogen) atoms. The van der Waals surface area contributed by atoms with Gasteiger partial charge in [-0.25, -0.2) is 9.59 Å². The molecule has 0 bridgehead atoms. The zero-order valence-corrected chi connectivity index (χ0v) is 16.0. The second-order valence-corrected chi connectivity index (χ2v) is 7.15. The van der Waals surface area contributed by atoms with Crippen molar-refractivity contribution in [3.63, 3.8) is 0 Å². The summed E-state index contributed by atoms with van der Waals surface area (Å²) < 4.78 is 20.1. The van der Waals surface area contributed by atoms with E-state index in [0.29, 0.717) is 13.0 Å². The highest BCUT2D eigenvalue weighted by atomic mass is 16.7. The lowest BCUT2D eigenvalue weighted by Gasteiger charge is -2.27. The highest BCUT2D eigenvalue weighted by molar-refractivity contribution is 5.60. The van der Waals surface area contributed by atoms with Crippen LogP contribution in [-0.2, 0) is 18.9 Å². The maximum atomic E-state index is 11.7. The number of carbonyl (C=O) groups excluding carboxylic acids is 2. The fourth-order valence-electron chi connectivity index (χ4n) is 3.01. The number of ether oxygens (including phenoxy) is 4. The third-order valence-corrected chi connectivity index (χ3v) is 4.42. The van der Waals surface area contributed by atoms with E-state index in [1.54, 1.807) is 0 Å². The van der Waals surface area contributed by atoms with Crippen molar-refractivity contribution in [2.45, 2.75) is 90.3 Å². The Hall–Kier alpha value is -1.46. The molecule has 2 atom stereocenters. The molecule has 0 aromatic rings. The van der Waals surface area contributed by atoms with Crippen molar-refractivity contribution >= 4 is 12.3 Å². The largest absolute Gasteiger partial charge is 0.508 e. The van der Waals surface area contributed by atoms with E-state index in [1.807, 2.05) is 0 Å². The number of unbranched alkanes of at least 4 members (excludes halogenated alkanes) is 4. The van der Waals surface area contributed by atoms with Gasteiger partial charge in [-0.15, -0.1) is 0 Å². The van der Waals surface area contributed by atoms with Crippen LogP contribution in [0.2, 0.25) is 0 Å². The quantitative estimate of drug-likeness (QED) is 0.393. The van der Waals surface area contributed by atoms with Gasteiger partial charge in [0, 0.05) is 6.42 Å². The third-order valence-electron chi connectivity index (χ3n) is 4.42. The molecule has 6 nitrogen and oxygen atoms in total. The summed E-state index contributed by atoms with van der Waals surface area (Å²) in [7, 11) is 1.28. The van der Waals surface area contributed by atoms with Crippen LogP contribution in [0, 0.1) is 5.92 Å². The van der Waals surface area contributed by atoms with Gasteiger partial charge < -0.3 is 18.9 Å². The van der Waals surface area contributed by atoms with Crippen molar-refractivity contribution < 1.29 is 28.5 Å². The molecule has 0 heterocycles. The van der Waals surface area contributed by atoms with Crippen LogP contribution in [0.15, 0.2) is 0 Å². The van der Waals surface area contributed by atoms with Gasteiger partial charge in [-0.2, -0.15) is 0 Å². The summed E-state index contributed by atoms with van der Waals surface area (Å²) >= 11 is 0. The molecule has 0 N–H and O–H groups in total. The van der Waals surface area contributed by atoms with Crippen LogP contribution in [-0.4, -0.2) is 38.2 Å². The van der Waals surface area contributed by atoms with Gasteiger partial charge in [0.05, 0.1) is 13.7 Å². The van der Waals surface area contributed by atoms with Crippen molar-refractivity contribution in [1.29, 1.82) is 0 Å². The molecular weight excluding hydrogens is 324 g/mol. The molecule has 2 unspecified atom stereocenters. The lowest BCUT2D eigenvalue weighted by atomic mass is 9.95. The van der Waals surface area contributed by atoms with Gasteiger partial charge in [0.25, 0.3) is 0 Å². The second-order valence-electron chi connectivity index (χ2n) is 7.15. The maximum Gasteiger partial charge on any atom is 0.508 e. The summed E-state index contributed by atoms with van der Waals surface area (Å²) in [6, 6.07) is 0. The van der Waals surface area contributed by atoms with Crippen molar-refractivity contribution in [1.82, 2.24) is 0 Å². The van der Waals surface area contributed by atoms with E-state index in [-0.39, 0.29) is 12.2 Å². The summed E-state index contributed by atoms with van der Waals surface area (Å²) in [6.45, 7) is 4.89. The Labute approximate surface area is 151 Å². The van der Waals surface area contributed by atoms with Gasteiger partial charge in [-0.3, -0.25) is 0 Å². The summed E-state index contributed by atoms with van der Waals surface area (Å²) in [5.74, 6) is 0.774. The molecule has 146 valence electrons. The van der Waals surface area contributed by atoms with Crippen LogP contribution in [0.1, 0.15) is 78.1 Å². The molecule has 0 aromatic carbocycles. The highest BCUT2D eigenvalue weighted by Crippen LogP contribution is 2.24. The monoisotopic (exact) mass is 358 g/mol. The van der Waals surface area contributed by atoms with Crippen molar-refractivity contribution in [2.75, 3.05) is 13.7 Å².